The number of aryl methyl sites for hydroxylation is 2. The summed E-state index contributed by atoms with van der Waals surface area (Å²) in [5.41, 5.74) is 2.71. The summed E-state index contributed by atoms with van der Waals surface area (Å²) in [7, 11) is -3.73. The summed E-state index contributed by atoms with van der Waals surface area (Å²) in [6, 6.07) is 10.8. The van der Waals surface area contributed by atoms with Crippen LogP contribution >= 0.6 is 0 Å². The molecule has 2 aromatic carbocycles. The molecule has 1 aliphatic rings. The molecule has 0 aromatic heterocycles. The maximum atomic E-state index is 13.0. The lowest BCUT2D eigenvalue weighted by atomic mass is 10.1. The Labute approximate surface area is 190 Å². The van der Waals surface area contributed by atoms with Gasteiger partial charge in [-0.1, -0.05) is 19.4 Å². The van der Waals surface area contributed by atoms with Crippen LogP contribution in [-0.4, -0.2) is 44.3 Å². The summed E-state index contributed by atoms with van der Waals surface area (Å²) in [4.78, 5) is 27.3. The molecule has 0 spiro atoms. The van der Waals surface area contributed by atoms with E-state index in [1.165, 1.54) is 0 Å². The molecule has 1 heterocycles. The van der Waals surface area contributed by atoms with Crippen LogP contribution in [0.2, 0.25) is 0 Å². The third kappa shape index (κ3) is 5.48. The molecule has 0 aliphatic carbocycles. The highest BCUT2D eigenvalue weighted by Crippen LogP contribution is 2.23. The van der Waals surface area contributed by atoms with Gasteiger partial charge in [-0.15, -0.1) is 0 Å². The number of benzene rings is 2. The van der Waals surface area contributed by atoms with Gasteiger partial charge < -0.3 is 10.2 Å². The van der Waals surface area contributed by atoms with Gasteiger partial charge in [0.1, 0.15) is 6.04 Å². The largest absolute Gasteiger partial charge is 0.354 e. The average Bonchev–Trinajstić information content (AvgIpc) is 3.25. The van der Waals surface area contributed by atoms with Crippen molar-refractivity contribution in [3.63, 3.8) is 0 Å². The van der Waals surface area contributed by atoms with Crippen LogP contribution in [0, 0.1) is 13.8 Å². The standard InChI is InChI=1S/C24H31N3O4S/c1-4-5-14-25-23(28)22-7-6-15-27(22)24(29)19-9-11-20(12-10-19)26-32(30,31)21-13-8-17(2)18(3)16-21/h8-13,16,22,26H,4-7,14-15H2,1-3H3,(H,25,28). The number of anilines is 1. The van der Waals surface area contributed by atoms with Crippen molar-refractivity contribution >= 4 is 27.5 Å². The van der Waals surface area contributed by atoms with Crippen LogP contribution in [0.25, 0.3) is 0 Å². The average molecular weight is 458 g/mol. The van der Waals surface area contributed by atoms with Crippen molar-refractivity contribution in [2.24, 2.45) is 0 Å². The minimum absolute atomic E-state index is 0.109. The lowest BCUT2D eigenvalue weighted by molar-refractivity contribution is -0.124. The monoisotopic (exact) mass is 457 g/mol. The summed E-state index contributed by atoms with van der Waals surface area (Å²) in [5.74, 6) is -0.330. The number of nitrogens with one attached hydrogen (secondary N) is 2. The lowest BCUT2D eigenvalue weighted by Gasteiger charge is -2.24. The normalized spacial score (nSPS) is 16.1. The molecular formula is C24H31N3O4S. The number of carbonyl (C=O) groups excluding carboxylic acids is 2. The van der Waals surface area contributed by atoms with Crippen LogP contribution < -0.4 is 10.0 Å². The van der Waals surface area contributed by atoms with E-state index in [9.17, 15) is 18.0 Å². The molecule has 1 unspecified atom stereocenters. The van der Waals surface area contributed by atoms with Crippen LogP contribution in [0.4, 0.5) is 5.69 Å². The lowest BCUT2D eigenvalue weighted by Crippen LogP contribution is -2.46. The molecule has 1 fully saturated rings. The maximum absolute atomic E-state index is 13.0. The highest BCUT2D eigenvalue weighted by Gasteiger charge is 2.34. The topological polar surface area (TPSA) is 95.6 Å². The van der Waals surface area contributed by atoms with Crippen molar-refractivity contribution in [1.29, 1.82) is 0 Å². The number of rotatable bonds is 8. The number of likely N-dealkylation sites (tertiary alicyclic amines) is 1. The van der Waals surface area contributed by atoms with Crippen LogP contribution in [-0.2, 0) is 14.8 Å². The molecule has 7 nitrogen and oxygen atoms in total. The van der Waals surface area contributed by atoms with E-state index in [-0.39, 0.29) is 16.7 Å². The summed E-state index contributed by atoms with van der Waals surface area (Å²) in [6.07, 6.45) is 3.34. The minimum Gasteiger partial charge on any atom is -0.354 e. The third-order valence-corrected chi connectivity index (χ3v) is 7.20. The smallest absolute Gasteiger partial charge is 0.261 e. The maximum Gasteiger partial charge on any atom is 0.261 e. The fourth-order valence-electron chi connectivity index (χ4n) is 3.73. The number of hydrogen-bond acceptors (Lipinski definition) is 4. The predicted molar refractivity (Wildman–Crippen MR) is 125 cm³/mol. The molecule has 1 saturated heterocycles. The zero-order chi connectivity index (χ0) is 23.3. The van der Waals surface area contributed by atoms with E-state index in [1.807, 2.05) is 13.8 Å². The SMILES string of the molecule is CCCCNC(=O)C1CCCN1C(=O)c1ccc(NS(=O)(=O)c2ccc(C)c(C)c2)cc1. The zero-order valence-corrected chi connectivity index (χ0v) is 19.7. The Kier molecular flexibility index (Phi) is 7.56. The van der Waals surface area contributed by atoms with Gasteiger partial charge in [-0.25, -0.2) is 8.42 Å². The Balaban J connectivity index is 1.68. The Morgan fingerprint density at radius 1 is 1.06 bits per heavy atom. The molecule has 0 bridgehead atoms. The van der Waals surface area contributed by atoms with Gasteiger partial charge in [-0.05, 0) is 80.6 Å². The highest BCUT2D eigenvalue weighted by atomic mass is 32.2. The molecule has 8 heteroatoms. The van der Waals surface area contributed by atoms with Crippen molar-refractivity contribution in [3.05, 3.63) is 59.2 Å². The van der Waals surface area contributed by atoms with Crippen LogP contribution in [0.3, 0.4) is 0 Å². The van der Waals surface area contributed by atoms with Crippen molar-refractivity contribution < 1.29 is 18.0 Å². The van der Waals surface area contributed by atoms with E-state index in [0.29, 0.717) is 30.8 Å². The summed E-state index contributed by atoms with van der Waals surface area (Å²) in [6.45, 7) is 7.00. The highest BCUT2D eigenvalue weighted by molar-refractivity contribution is 7.92. The van der Waals surface area contributed by atoms with Gasteiger partial charge >= 0.3 is 0 Å². The van der Waals surface area contributed by atoms with E-state index in [4.69, 9.17) is 0 Å². The molecule has 0 radical (unpaired) electrons. The fourth-order valence-corrected chi connectivity index (χ4v) is 4.87. The molecular weight excluding hydrogens is 426 g/mol. The van der Waals surface area contributed by atoms with Crippen LogP contribution in [0.15, 0.2) is 47.4 Å². The predicted octanol–water partition coefficient (Wildman–Crippen LogP) is 3.63. The Hall–Kier alpha value is -2.87. The summed E-state index contributed by atoms with van der Waals surface area (Å²) >= 11 is 0. The number of carbonyl (C=O) groups is 2. The van der Waals surface area contributed by atoms with Gasteiger partial charge in [-0.3, -0.25) is 14.3 Å². The Morgan fingerprint density at radius 2 is 1.78 bits per heavy atom. The summed E-state index contributed by atoms with van der Waals surface area (Å²) in [5, 5.41) is 2.91. The second-order valence-corrected chi connectivity index (χ2v) is 9.91. The molecule has 2 amide bonds. The number of nitrogens with zero attached hydrogens (tertiary/aromatic N) is 1. The quantitative estimate of drug-likeness (QED) is 0.592. The molecule has 32 heavy (non-hydrogen) atoms. The zero-order valence-electron chi connectivity index (χ0n) is 18.8. The van der Waals surface area contributed by atoms with Gasteiger partial charge in [0.25, 0.3) is 15.9 Å². The summed E-state index contributed by atoms with van der Waals surface area (Å²) < 4.78 is 27.9. The Morgan fingerprint density at radius 3 is 2.44 bits per heavy atom. The minimum atomic E-state index is -3.73. The fraction of sp³-hybridized carbons (Fsp3) is 0.417. The van der Waals surface area contributed by atoms with Crippen molar-refractivity contribution in [3.8, 4) is 0 Å². The molecule has 2 aromatic rings. The van der Waals surface area contributed by atoms with Gasteiger partial charge in [0.05, 0.1) is 4.90 Å². The number of amides is 2. The van der Waals surface area contributed by atoms with Crippen molar-refractivity contribution in [1.82, 2.24) is 10.2 Å². The second kappa shape index (κ2) is 10.2. The molecule has 0 saturated carbocycles. The molecule has 3 rings (SSSR count). The van der Waals surface area contributed by atoms with Crippen LogP contribution in [0.5, 0.6) is 0 Å². The van der Waals surface area contributed by atoms with E-state index in [2.05, 4.69) is 17.0 Å². The number of unbranched alkanes of at least 4 members (excludes halogenated alkanes) is 1. The Bertz CT molecular complexity index is 1080. The third-order valence-electron chi connectivity index (χ3n) is 5.82. The van der Waals surface area contributed by atoms with Crippen molar-refractivity contribution in [2.45, 2.75) is 57.4 Å². The molecule has 1 atom stereocenters. The molecule has 172 valence electrons. The number of hydrogen-bond donors (Lipinski definition) is 2. The van der Waals surface area contributed by atoms with E-state index < -0.39 is 16.1 Å². The van der Waals surface area contributed by atoms with Crippen molar-refractivity contribution in [2.75, 3.05) is 17.8 Å². The van der Waals surface area contributed by atoms with E-state index in [0.717, 1.165) is 30.4 Å². The van der Waals surface area contributed by atoms with E-state index >= 15 is 0 Å². The number of sulfonamides is 1. The van der Waals surface area contributed by atoms with Gasteiger partial charge in [0.2, 0.25) is 5.91 Å². The second-order valence-electron chi connectivity index (χ2n) is 8.23. The van der Waals surface area contributed by atoms with E-state index in [1.54, 1.807) is 47.4 Å². The molecule has 1 aliphatic heterocycles. The first-order valence-electron chi connectivity index (χ1n) is 11.0. The first kappa shape index (κ1) is 23.8. The van der Waals surface area contributed by atoms with Gasteiger partial charge in [-0.2, -0.15) is 0 Å². The molecule has 2 N–H and O–H groups in total. The van der Waals surface area contributed by atoms with Gasteiger partial charge in [0.15, 0.2) is 0 Å². The first-order chi connectivity index (χ1) is 15.2. The first-order valence-corrected chi connectivity index (χ1v) is 12.5. The van der Waals surface area contributed by atoms with Gasteiger partial charge in [0, 0.05) is 24.3 Å². The van der Waals surface area contributed by atoms with Crippen LogP contribution in [0.1, 0.15) is 54.1 Å².